The van der Waals surface area contributed by atoms with E-state index in [2.05, 4.69) is 25.3 Å². The van der Waals surface area contributed by atoms with E-state index in [4.69, 9.17) is 4.42 Å². The number of carbonyl (C=O) groups excluding carboxylic acids is 1. The molecule has 0 spiro atoms. The van der Waals surface area contributed by atoms with E-state index < -0.39 is 5.67 Å². The van der Waals surface area contributed by atoms with Crippen LogP contribution in [0.5, 0.6) is 0 Å². The first-order valence-corrected chi connectivity index (χ1v) is 9.79. The topological polar surface area (TPSA) is 97.0 Å². The molecule has 1 saturated heterocycles. The molecule has 4 rings (SSSR count). The quantitative estimate of drug-likeness (QED) is 0.682. The second-order valence-electron chi connectivity index (χ2n) is 7.95. The van der Waals surface area contributed by atoms with Crippen LogP contribution in [-0.2, 0) is 0 Å². The van der Waals surface area contributed by atoms with Gasteiger partial charge in [-0.05, 0) is 13.0 Å². The van der Waals surface area contributed by atoms with Gasteiger partial charge in [0.1, 0.15) is 11.5 Å². The Kier molecular flexibility index (Phi) is 5.19. The molecule has 0 radical (unpaired) electrons. The van der Waals surface area contributed by atoms with Crippen molar-refractivity contribution in [3.05, 3.63) is 48.6 Å². The molecule has 1 unspecified atom stereocenters. The summed E-state index contributed by atoms with van der Waals surface area (Å²) in [6.07, 6.45) is 7.86. The van der Waals surface area contributed by atoms with Crippen LogP contribution >= 0.6 is 0 Å². The molecule has 1 atom stereocenters. The molecule has 0 bridgehead atoms. The Morgan fingerprint density at radius 3 is 2.63 bits per heavy atom. The molecule has 1 fully saturated rings. The summed E-state index contributed by atoms with van der Waals surface area (Å²) in [6.45, 7) is 6.22. The number of carbonyl (C=O) groups is 1. The fraction of sp³-hybridized carbons (Fsp3) is 0.381. The summed E-state index contributed by atoms with van der Waals surface area (Å²) in [4.78, 5) is 31.7. The third kappa shape index (κ3) is 4.00. The summed E-state index contributed by atoms with van der Waals surface area (Å²) in [5.74, 6) is 1.40. The maximum Gasteiger partial charge on any atom is 0.258 e. The number of nitrogens with zero attached hydrogens (tertiary/aromatic N) is 5. The summed E-state index contributed by atoms with van der Waals surface area (Å²) in [6, 6.07) is 1.72. The van der Waals surface area contributed by atoms with E-state index in [1.807, 2.05) is 18.7 Å². The number of hydrogen-bond acceptors (Lipinski definition) is 7. The summed E-state index contributed by atoms with van der Waals surface area (Å²) in [5, 5.41) is 2.90. The van der Waals surface area contributed by atoms with Crippen molar-refractivity contribution in [1.82, 2.24) is 19.9 Å². The second-order valence-corrected chi connectivity index (χ2v) is 7.95. The van der Waals surface area contributed by atoms with Gasteiger partial charge < -0.3 is 14.6 Å². The fourth-order valence-corrected chi connectivity index (χ4v) is 3.41. The molecule has 3 aromatic heterocycles. The van der Waals surface area contributed by atoms with Crippen molar-refractivity contribution in [3.8, 4) is 11.3 Å². The molecule has 1 amide bonds. The smallest absolute Gasteiger partial charge is 0.258 e. The normalized spacial score (nSPS) is 18.8. The lowest BCUT2D eigenvalue weighted by atomic mass is 10.1. The monoisotopic (exact) mass is 410 g/mol. The number of alkyl halides is 1. The molecule has 0 aromatic carbocycles. The van der Waals surface area contributed by atoms with Gasteiger partial charge in [-0.2, -0.15) is 0 Å². The summed E-state index contributed by atoms with van der Waals surface area (Å²) < 4.78 is 19.9. The van der Waals surface area contributed by atoms with Crippen molar-refractivity contribution in [2.24, 2.45) is 0 Å². The van der Waals surface area contributed by atoms with Crippen molar-refractivity contribution >= 4 is 17.4 Å². The summed E-state index contributed by atoms with van der Waals surface area (Å²) >= 11 is 0. The Balaban J connectivity index is 1.70. The van der Waals surface area contributed by atoms with Crippen molar-refractivity contribution < 1.29 is 13.6 Å². The highest BCUT2D eigenvalue weighted by atomic mass is 19.1. The zero-order chi connectivity index (χ0) is 21.3. The maximum atomic E-state index is 14.5. The number of hydrogen-bond donors (Lipinski definition) is 1. The van der Waals surface area contributed by atoms with E-state index in [0.717, 1.165) is 0 Å². The highest BCUT2D eigenvalue weighted by molar-refractivity contribution is 6.07. The van der Waals surface area contributed by atoms with Gasteiger partial charge in [-0.1, -0.05) is 13.8 Å². The number of nitrogens with one attached hydrogen (secondary N) is 1. The van der Waals surface area contributed by atoms with Gasteiger partial charge in [0.15, 0.2) is 18.0 Å². The molecule has 1 N–H and O–H groups in total. The Morgan fingerprint density at radius 2 is 2.03 bits per heavy atom. The molecule has 30 heavy (non-hydrogen) atoms. The molecule has 0 aliphatic carbocycles. The zero-order valence-electron chi connectivity index (χ0n) is 17.1. The first kappa shape index (κ1) is 19.9. The number of oxazole rings is 1. The largest absolute Gasteiger partial charge is 0.443 e. The van der Waals surface area contributed by atoms with Crippen LogP contribution in [0.25, 0.3) is 11.3 Å². The molecular formula is C21H23FN6O2. The third-order valence-electron chi connectivity index (χ3n) is 5.04. The van der Waals surface area contributed by atoms with Crippen LogP contribution in [0, 0.1) is 0 Å². The molecule has 1 aliphatic heterocycles. The van der Waals surface area contributed by atoms with Crippen LogP contribution in [0.1, 0.15) is 49.3 Å². The Bertz CT molecular complexity index is 1030. The van der Waals surface area contributed by atoms with Gasteiger partial charge in [0, 0.05) is 43.0 Å². The van der Waals surface area contributed by atoms with Gasteiger partial charge in [0.05, 0.1) is 24.0 Å². The van der Waals surface area contributed by atoms with Crippen LogP contribution < -0.4 is 10.2 Å². The van der Waals surface area contributed by atoms with E-state index in [-0.39, 0.29) is 18.4 Å². The van der Waals surface area contributed by atoms with Crippen molar-refractivity contribution in [3.63, 3.8) is 0 Å². The van der Waals surface area contributed by atoms with Gasteiger partial charge in [-0.3, -0.25) is 4.79 Å². The lowest BCUT2D eigenvalue weighted by Gasteiger charge is -2.23. The van der Waals surface area contributed by atoms with E-state index in [9.17, 15) is 9.18 Å². The molecule has 156 valence electrons. The van der Waals surface area contributed by atoms with E-state index in [1.165, 1.54) is 18.8 Å². The van der Waals surface area contributed by atoms with E-state index in [1.54, 1.807) is 25.4 Å². The SMILES string of the molecule is CC(C)c1ncc(C(=O)Nc2c(-c3cnco3)ccnc2N2CCC(C)(F)C2)cn1. The number of aromatic nitrogens is 4. The second kappa shape index (κ2) is 7.81. The Labute approximate surface area is 173 Å². The first-order chi connectivity index (χ1) is 14.3. The van der Waals surface area contributed by atoms with Gasteiger partial charge in [-0.25, -0.2) is 24.3 Å². The molecular weight excluding hydrogens is 387 g/mol. The minimum absolute atomic E-state index is 0.162. The highest BCUT2D eigenvalue weighted by Gasteiger charge is 2.36. The lowest BCUT2D eigenvalue weighted by molar-refractivity contribution is 0.102. The predicted molar refractivity (Wildman–Crippen MR) is 110 cm³/mol. The van der Waals surface area contributed by atoms with Gasteiger partial charge >= 0.3 is 0 Å². The van der Waals surface area contributed by atoms with Crippen molar-refractivity contribution in [2.45, 2.75) is 38.8 Å². The average molecular weight is 410 g/mol. The van der Waals surface area contributed by atoms with E-state index >= 15 is 0 Å². The first-order valence-electron chi connectivity index (χ1n) is 9.79. The molecule has 4 heterocycles. The van der Waals surface area contributed by atoms with Crippen molar-refractivity contribution in [1.29, 1.82) is 0 Å². The number of rotatable bonds is 5. The Morgan fingerprint density at radius 1 is 1.27 bits per heavy atom. The van der Waals surface area contributed by atoms with Gasteiger partial charge in [-0.15, -0.1) is 0 Å². The highest BCUT2D eigenvalue weighted by Crippen LogP contribution is 2.38. The Hall–Kier alpha value is -3.36. The number of amides is 1. The van der Waals surface area contributed by atoms with Crippen LogP contribution in [-0.4, -0.2) is 44.6 Å². The lowest BCUT2D eigenvalue weighted by Crippen LogP contribution is -2.28. The van der Waals surface area contributed by atoms with Gasteiger partial charge in [0.2, 0.25) is 0 Å². The minimum atomic E-state index is -1.31. The van der Waals surface area contributed by atoms with E-state index in [0.29, 0.717) is 47.2 Å². The fourth-order valence-electron chi connectivity index (χ4n) is 3.41. The third-order valence-corrected chi connectivity index (χ3v) is 5.04. The molecule has 0 saturated carbocycles. The minimum Gasteiger partial charge on any atom is -0.443 e. The number of pyridine rings is 1. The zero-order valence-corrected chi connectivity index (χ0v) is 17.1. The molecule has 1 aliphatic rings. The predicted octanol–water partition coefficient (Wildman–Crippen LogP) is 3.84. The molecule has 3 aromatic rings. The van der Waals surface area contributed by atoms with Gasteiger partial charge in [0.25, 0.3) is 5.91 Å². The summed E-state index contributed by atoms with van der Waals surface area (Å²) in [7, 11) is 0. The van der Waals surface area contributed by atoms with Crippen molar-refractivity contribution in [2.75, 3.05) is 23.3 Å². The molecule has 9 heteroatoms. The number of halogens is 1. The van der Waals surface area contributed by atoms with Crippen LogP contribution in [0.3, 0.4) is 0 Å². The number of anilines is 2. The molecule has 8 nitrogen and oxygen atoms in total. The van der Waals surface area contributed by atoms with Crippen LogP contribution in [0.4, 0.5) is 15.9 Å². The van der Waals surface area contributed by atoms with Crippen LogP contribution in [0.15, 0.2) is 41.7 Å². The maximum absolute atomic E-state index is 14.5. The average Bonchev–Trinajstić information content (AvgIpc) is 3.37. The standard InChI is InChI=1S/C21H23FN6O2/c1-13(2)18-25-8-14(9-26-18)20(29)27-17-15(16-10-23-12-30-16)4-6-24-19(17)28-7-5-21(3,22)11-28/h4,6,8-10,12-13H,5,7,11H2,1-3H3,(H,27,29). The summed E-state index contributed by atoms with van der Waals surface area (Å²) in [5.41, 5.74) is 0.0449. The van der Waals surface area contributed by atoms with Crippen LogP contribution in [0.2, 0.25) is 0 Å².